The van der Waals surface area contributed by atoms with Crippen molar-refractivity contribution in [2.75, 3.05) is 13.7 Å². The summed E-state index contributed by atoms with van der Waals surface area (Å²) < 4.78 is 7.19. The lowest BCUT2D eigenvalue weighted by Crippen LogP contribution is -2.33. The molecule has 1 heterocycles. The Morgan fingerprint density at radius 1 is 1.50 bits per heavy atom. The number of aryl methyl sites for hydroxylation is 1. The van der Waals surface area contributed by atoms with Crippen LogP contribution in [-0.4, -0.2) is 29.4 Å². The maximum absolute atomic E-state index is 11.0. The highest BCUT2D eigenvalue weighted by Gasteiger charge is 2.26. The first-order chi connectivity index (χ1) is 7.31. The van der Waals surface area contributed by atoms with E-state index in [1.54, 1.807) is 13.2 Å². The lowest BCUT2D eigenvalue weighted by atomic mass is 10.1. The van der Waals surface area contributed by atoms with Gasteiger partial charge in [0.25, 0.3) is 0 Å². The fourth-order valence-electron chi connectivity index (χ4n) is 2.33. The zero-order valence-corrected chi connectivity index (χ0v) is 10.5. The van der Waals surface area contributed by atoms with E-state index in [1.165, 1.54) is 0 Å². The fraction of sp³-hybridized carbons (Fsp3) is 0.583. The van der Waals surface area contributed by atoms with Crippen LogP contribution in [0.25, 0.3) is 0 Å². The number of rotatable bonds is 4. The van der Waals surface area contributed by atoms with Gasteiger partial charge in [0.2, 0.25) is 0 Å². The van der Waals surface area contributed by atoms with Crippen LogP contribution in [0.15, 0.2) is 6.07 Å². The normalized spacial score (nSPS) is 11.8. The lowest BCUT2D eigenvalue weighted by Gasteiger charge is -2.29. The first-order valence-electron chi connectivity index (χ1n) is 5.23. The monoisotopic (exact) mass is 225 g/mol. The molecular weight excluding hydrogens is 206 g/mol. The summed E-state index contributed by atoms with van der Waals surface area (Å²) in [4.78, 5) is 11.0. The van der Waals surface area contributed by atoms with Gasteiger partial charge >= 0.3 is 5.97 Å². The quantitative estimate of drug-likeness (QED) is 0.854. The molecule has 0 bridgehead atoms. The molecule has 1 N–H and O–H groups in total. The van der Waals surface area contributed by atoms with E-state index < -0.39 is 5.97 Å². The highest BCUT2D eigenvalue weighted by atomic mass is 16.5. The Labute approximate surface area is 95.8 Å². The third-order valence-electron chi connectivity index (χ3n) is 2.76. The number of nitrogens with zero attached hydrogens (tertiary/aromatic N) is 1. The molecule has 0 aliphatic heterocycles. The van der Waals surface area contributed by atoms with Crippen LogP contribution in [-0.2, 0) is 10.3 Å². The van der Waals surface area contributed by atoms with Gasteiger partial charge in [0.1, 0.15) is 0 Å². The zero-order valence-electron chi connectivity index (χ0n) is 10.5. The number of ether oxygens (including phenoxy) is 1. The van der Waals surface area contributed by atoms with Crippen molar-refractivity contribution in [2.45, 2.75) is 33.2 Å². The van der Waals surface area contributed by atoms with Crippen molar-refractivity contribution < 1.29 is 14.6 Å². The van der Waals surface area contributed by atoms with E-state index in [2.05, 4.69) is 0 Å². The highest BCUT2D eigenvalue weighted by molar-refractivity contribution is 5.89. The largest absolute Gasteiger partial charge is 0.478 e. The number of carboxylic acids is 1. The molecule has 0 spiro atoms. The van der Waals surface area contributed by atoms with Crippen molar-refractivity contribution in [1.82, 2.24) is 4.57 Å². The Morgan fingerprint density at radius 3 is 2.44 bits per heavy atom. The zero-order chi connectivity index (χ0) is 12.5. The molecule has 1 aromatic heterocycles. The van der Waals surface area contributed by atoms with Gasteiger partial charge in [-0.15, -0.1) is 0 Å². The summed E-state index contributed by atoms with van der Waals surface area (Å²) in [5, 5.41) is 9.05. The number of hydrogen-bond donors (Lipinski definition) is 1. The van der Waals surface area contributed by atoms with Gasteiger partial charge in [0, 0.05) is 18.5 Å². The van der Waals surface area contributed by atoms with Gasteiger partial charge in [-0.05, 0) is 33.8 Å². The number of methoxy groups -OCH3 is 1. The summed E-state index contributed by atoms with van der Waals surface area (Å²) in [6.45, 7) is 8.34. The third kappa shape index (κ3) is 2.11. The molecule has 0 saturated carbocycles. The molecule has 0 amide bonds. The van der Waals surface area contributed by atoms with Crippen molar-refractivity contribution in [2.24, 2.45) is 0 Å². The van der Waals surface area contributed by atoms with Crippen LogP contribution in [0, 0.1) is 13.8 Å². The Bertz CT molecular complexity index is 405. The molecule has 0 aliphatic rings. The number of hydrogen-bond acceptors (Lipinski definition) is 2. The molecule has 90 valence electrons. The number of aromatic nitrogens is 1. The van der Waals surface area contributed by atoms with Crippen LogP contribution >= 0.6 is 0 Å². The van der Waals surface area contributed by atoms with Crippen molar-refractivity contribution in [3.05, 3.63) is 23.0 Å². The van der Waals surface area contributed by atoms with Crippen molar-refractivity contribution in [3.63, 3.8) is 0 Å². The van der Waals surface area contributed by atoms with Gasteiger partial charge in [-0.25, -0.2) is 4.79 Å². The fourth-order valence-corrected chi connectivity index (χ4v) is 2.33. The summed E-state index contributed by atoms with van der Waals surface area (Å²) in [7, 11) is 1.65. The summed E-state index contributed by atoms with van der Waals surface area (Å²) in [6.07, 6.45) is 0. The molecule has 1 aromatic rings. The standard InChI is InChI=1S/C12H19NO3/c1-8-6-10(11(14)15)9(2)13(8)12(3,4)7-16-5/h6H,7H2,1-5H3,(H,14,15). The molecule has 0 unspecified atom stereocenters. The Balaban J connectivity index is 3.29. The lowest BCUT2D eigenvalue weighted by molar-refractivity contribution is 0.0694. The smallest absolute Gasteiger partial charge is 0.337 e. The molecular formula is C12H19NO3. The van der Waals surface area contributed by atoms with Crippen molar-refractivity contribution in [1.29, 1.82) is 0 Å². The molecule has 4 nitrogen and oxygen atoms in total. The van der Waals surface area contributed by atoms with Gasteiger partial charge < -0.3 is 14.4 Å². The summed E-state index contributed by atoms with van der Waals surface area (Å²) in [6, 6.07) is 1.70. The van der Waals surface area contributed by atoms with Gasteiger partial charge in [0.15, 0.2) is 0 Å². The SMILES string of the molecule is COCC(C)(C)n1c(C)cc(C(=O)O)c1C. The number of carbonyl (C=O) groups is 1. The van der Waals surface area contributed by atoms with E-state index >= 15 is 0 Å². The Kier molecular flexibility index (Phi) is 3.43. The van der Waals surface area contributed by atoms with E-state index in [0.717, 1.165) is 11.4 Å². The van der Waals surface area contributed by atoms with Gasteiger partial charge in [0.05, 0.1) is 17.7 Å². The minimum Gasteiger partial charge on any atom is -0.478 e. The number of carboxylic acid groups (broad SMARTS) is 1. The topological polar surface area (TPSA) is 51.5 Å². The van der Waals surface area contributed by atoms with E-state index in [1.807, 2.05) is 32.3 Å². The first-order valence-corrected chi connectivity index (χ1v) is 5.23. The third-order valence-corrected chi connectivity index (χ3v) is 2.76. The molecule has 0 atom stereocenters. The van der Waals surface area contributed by atoms with Crippen LogP contribution in [0.4, 0.5) is 0 Å². The van der Waals surface area contributed by atoms with Crippen molar-refractivity contribution >= 4 is 5.97 Å². The maximum atomic E-state index is 11.0. The molecule has 0 radical (unpaired) electrons. The average Bonchev–Trinajstić information content (AvgIpc) is 2.41. The minimum absolute atomic E-state index is 0.239. The summed E-state index contributed by atoms with van der Waals surface area (Å²) in [5.74, 6) is -0.882. The van der Waals surface area contributed by atoms with Crippen LogP contribution in [0.3, 0.4) is 0 Å². The minimum atomic E-state index is -0.882. The number of aromatic carboxylic acids is 1. The molecule has 0 aromatic carbocycles. The summed E-state index contributed by atoms with van der Waals surface area (Å²) in [5.41, 5.74) is 1.84. The van der Waals surface area contributed by atoms with E-state index in [0.29, 0.717) is 12.2 Å². The highest BCUT2D eigenvalue weighted by Crippen LogP contribution is 2.25. The summed E-state index contributed by atoms with van der Waals surface area (Å²) >= 11 is 0. The van der Waals surface area contributed by atoms with E-state index in [4.69, 9.17) is 9.84 Å². The van der Waals surface area contributed by atoms with Gasteiger partial charge in [-0.1, -0.05) is 0 Å². The van der Waals surface area contributed by atoms with Crippen molar-refractivity contribution in [3.8, 4) is 0 Å². The van der Waals surface area contributed by atoms with Crippen LogP contribution < -0.4 is 0 Å². The second-order valence-corrected chi connectivity index (χ2v) is 4.67. The predicted octanol–water partition coefficient (Wildman–Crippen LogP) is 2.18. The van der Waals surface area contributed by atoms with Gasteiger partial charge in [-0.2, -0.15) is 0 Å². The molecule has 0 saturated heterocycles. The Hall–Kier alpha value is -1.29. The molecule has 1 rings (SSSR count). The second-order valence-electron chi connectivity index (χ2n) is 4.67. The van der Waals surface area contributed by atoms with E-state index in [9.17, 15) is 4.79 Å². The first kappa shape index (κ1) is 12.8. The molecule has 0 aliphatic carbocycles. The Morgan fingerprint density at radius 2 is 2.06 bits per heavy atom. The maximum Gasteiger partial charge on any atom is 0.337 e. The molecule has 4 heteroatoms. The van der Waals surface area contributed by atoms with Crippen LogP contribution in [0.1, 0.15) is 35.6 Å². The van der Waals surface area contributed by atoms with E-state index in [-0.39, 0.29) is 5.54 Å². The predicted molar refractivity (Wildman–Crippen MR) is 62.1 cm³/mol. The average molecular weight is 225 g/mol. The second kappa shape index (κ2) is 4.29. The molecule has 0 fully saturated rings. The van der Waals surface area contributed by atoms with Gasteiger partial charge in [-0.3, -0.25) is 0 Å². The molecule has 16 heavy (non-hydrogen) atoms. The van der Waals surface area contributed by atoms with Crippen LogP contribution in [0.5, 0.6) is 0 Å². The van der Waals surface area contributed by atoms with Crippen LogP contribution in [0.2, 0.25) is 0 Å².